The van der Waals surface area contributed by atoms with Gasteiger partial charge in [-0.3, -0.25) is 4.90 Å². The molecule has 94 valence electrons. The fourth-order valence-electron chi connectivity index (χ4n) is 2.32. The fraction of sp³-hybridized carbons (Fsp3) is 0.667. The van der Waals surface area contributed by atoms with E-state index in [1.54, 1.807) is 0 Å². The highest BCUT2D eigenvalue weighted by molar-refractivity contribution is 5.28. The maximum absolute atomic E-state index is 9.05. The molecule has 1 aromatic rings. The molecule has 5 heteroatoms. The zero-order valence-corrected chi connectivity index (χ0v) is 10.5. The van der Waals surface area contributed by atoms with E-state index in [2.05, 4.69) is 14.9 Å². The van der Waals surface area contributed by atoms with E-state index in [1.807, 2.05) is 31.3 Å². The summed E-state index contributed by atoms with van der Waals surface area (Å²) in [6.45, 7) is 1.99. The molecule has 0 aliphatic carbocycles. The number of aliphatic hydroxyl groups is 1. The lowest BCUT2D eigenvalue weighted by atomic mass is 10.1. The highest BCUT2D eigenvalue weighted by Crippen LogP contribution is 2.30. The minimum Gasteiger partial charge on any atom is -0.395 e. The molecule has 0 spiro atoms. The van der Waals surface area contributed by atoms with Crippen LogP contribution in [0.25, 0.3) is 0 Å². The standard InChI is InChI=1S/C12H20N4O/c1-15(2)12-13-6-5-10(14-12)11-4-3-7-16(11)8-9-17/h5-6,11,17H,3-4,7-9H2,1-2H3. The number of hydrogen-bond acceptors (Lipinski definition) is 5. The summed E-state index contributed by atoms with van der Waals surface area (Å²) in [5.41, 5.74) is 1.06. The molecule has 1 aliphatic rings. The zero-order chi connectivity index (χ0) is 12.3. The van der Waals surface area contributed by atoms with Crippen LogP contribution in [-0.4, -0.2) is 53.8 Å². The Labute approximate surface area is 102 Å². The highest BCUT2D eigenvalue weighted by Gasteiger charge is 2.26. The minimum atomic E-state index is 0.210. The van der Waals surface area contributed by atoms with Crippen LogP contribution in [0.1, 0.15) is 24.6 Å². The third kappa shape index (κ3) is 2.73. The predicted octanol–water partition coefficient (Wildman–Crippen LogP) is 0.672. The van der Waals surface area contributed by atoms with E-state index in [0.717, 1.165) is 31.2 Å². The van der Waals surface area contributed by atoms with Gasteiger partial charge in [0.15, 0.2) is 0 Å². The number of anilines is 1. The average molecular weight is 236 g/mol. The van der Waals surface area contributed by atoms with Gasteiger partial charge in [-0.15, -0.1) is 0 Å². The number of aromatic nitrogens is 2. The first-order valence-corrected chi connectivity index (χ1v) is 6.07. The van der Waals surface area contributed by atoms with E-state index in [4.69, 9.17) is 5.11 Å². The van der Waals surface area contributed by atoms with Crippen LogP contribution in [0.4, 0.5) is 5.95 Å². The van der Waals surface area contributed by atoms with Gasteiger partial charge < -0.3 is 10.0 Å². The topological polar surface area (TPSA) is 52.5 Å². The lowest BCUT2D eigenvalue weighted by Gasteiger charge is -2.23. The summed E-state index contributed by atoms with van der Waals surface area (Å²) in [4.78, 5) is 13.0. The summed E-state index contributed by atoms with van der Waals surface area (Å²) in [5, 5.41) is 9.05. The van der Waals surface area contributed by atoms with Gasteiger partial charge in [0.05, 0.1) is 18.3 Å². The fourth-order valence-corrected chi connectivity index (χ4v) is 2.32. The van der Waals surface area contributed by atoms with Gasteiger partial charge >= 0.3 is 0 Å². The second-order valence-electron chi connectivity index (χ2n) is 4.59. The van der Waals surface area contributed by atoms with Crippen molar-refractivity contribution >= 4 is 5.95 Å². The van der Waals surface area contributed by atoms with Gasteiger partial charge in [0.1, 0.15) is 0 Å². The zero-order valence-electron chi connectivity index (χ0n) is 10.5. The van der Waals surface area contributed by atoms with Crippen molar-refractivity contribution in [3.05, 3.63) is 18.0 Å². The summed E-state index contributed by atoms with van der Waals surface area (Å²) in [5.74, 6) is 0.748. The quantitative estimate of drug-likeness (QED) is 0.833. The Kier molecular flexibility index (Phi) is 3.91. The summed E-state index contributed by atoms with van der Waals surface area (Å²) in [6, 6.07) is 2.32. The molecule has 1 atom stereocenters. The molecule has 5 nitrogen and oxygen atoms in total. The maximum atomic E-state index is 9.05. The maximum Gasteiger partial charge on any atom is 0.225 e. The summed E-state index contributed by atoms with van der Waals surface area (Å²) < 4.78 is 0. The Balaban J connectivity index is 2.18. The second kappa shape index (κ2) is 5.42. The number of β-amino-alcohol motifs (C(OH)–C–C–N with tert-alkyl or cyclic N) is 1. The van der Waals surface area contributed by atoms with Crippen molar-refractivity contribution in [1.82, 2.24) is 14.9 Å². The monoisotopic (exact) mass is 236 g/mol. The molecular formula is C12H20N4O. The van der Waals surface area contributed by atoms with Crippen LogP contribution in [0.5, 0.6) is 0 Å². The third-order valence-electron chi connectivity index (χ3n) is 3.16. The molecule has 1 unspecified atom stereocenters. The molecule has 0 radical (unpaired) electrons. The van der Waals surface area contributed by atoms with E-state index < -0.39 is 0 Å². The molecule has 17 heavy (non-hydrogen) atoms. The van der Waals surface area contributed by atoms with Crippen molar-refractivity contribution in [3.63, 3.8) is 0 Å². The minimum absolute atomic E-state index is 0.210. The second-order valence-corrected chi connectivity index (χ2v) is 4.59. The van der Waals surface area contributed by atoms with Crippen LogP contribution < -0.4 is 4.90 Å². The van der Waals surface area contributed by atoms with Gasteiger partial charge in [-0.1, -0.05) is 0 Å². The van der Waals surface area contributed by atoms with E-state index >= 15 is 0 Å². The number of hydrogen-bond donors (Lipinski definition) is 1. The van der Waals surface area contributed by atoms with Gasteiger partial charge in [-0.25, -0.2) is 9.97 Å². The summed E-state index contributed by atoms with van der Waals surface area (Å²) in [7, 11) is 3.89. The van der Waals surface area contributed by atoms with Crippen LogP contribution in [0.3, 0.4) is 0 Å². The van der Waals surface area contributed by atoms with Crippen LogP contribution >= 0.6 is 0 Å². The molecule has 1 N–H and O–H groups in total. The molecule has 0 bridgehead atoms. The van der Waals surface area contributed by atoms with E-state index in [-0.39, 0.29) is 6.61 Å². The first-order chi connectivity index (χ1) is 8.22. The molecule has 0 aromatic carbocycles. The van der Waals surface area contributed by atoms with Gasteiger partial charge in [-0.2, -0.15) is 0 Å². The Hall–Kier alpha value is -1.20. The molecule has 1 aliphatic heterocycles. The van der Waals surface area contributed by atoms with Crippen LogP contribution in [0.2, 0.25) is 0 Å². The van der Waals surface area contributed by atoms with Gasteiger partial charge in [0.2, 0.25) is 5.95 Å². The lowest BCUT2D eigenvalue weighted by Crippen LogP contribution is -2.27. The SMILES string of the molecule is CN(C)c1nccc(C2CCCN2CCO)n1. The van der Waals surface area contributed by atoms with E-state index in [0.29, 0.717) is 6.04 Å². The lowest BCUT2D eigenvalue weighted by molar-refractivity contribution is 0.183. The van der Waals surface area contributed by atoms with Crippen LogP contribution in [0.15, 0.2) is 12.3 Å². The molecule has 2 rings (SSSR count). The Morgan fingerprint density at radius 1 is 1.53 bits per heavy atom. The molecular weight excluding hydrogens is 216 g/mol. The normalized spacial score (nSPS) is 20.8. The van der Waals surface area contributed by atoms with Gasteiger partial charge in [-0.05, 0) is 25.5 Å². The Bertz CT molecular complexity index is 369. The van der Waals surface area contributed by atoms with Crippen LogP contribution in [0, 0.1) is 0 Å². The third-order valence-corrected chi connectivity index (χ3v) is 3.16. The van der Waals surface area contributed by atoms with E-state index in [1.165, 1.54) is 6.42 Å². The van der Waals surface area contributed by atoms with Crippen molar-refractivity contribution < 1.29 is 5.11 Å². The predicted molar refractivity (Wildman–Crippen MR) is 67.0 cm³/mol. The number of rotatable bonds is 4. The Morgan fingerprint density at radius 2 is 2.35 bits per heavy atom. The molecule has 0 amide bonds. The molecule has 1 saturated heterocycles. The first kappa shape index (κ1) is 12.3. The van der Waals surface area contributed by atoms with E-state index in [9.17, 15) is 0 Å². The van der Waals surface area contributed by atoms with Crippen molar-refractivity contribution in [3.8, 4) is 0 Å². The number of likely N-dealkylation sites (tertiary alicyclic amines) is 1. The van der Waals surface area contributed by atoms with Crippen molar-refractivity contribution in [1.29, 1.82) is 0 Å². The first-order valence-electron chi connectivity index (χ1n) is 6.07. The van der Waals surface area contributed by atoms with Gasteiger partial charge in [0, 0.05) is 26.8 Å². The molecule has 2 heterocycles. The van der Waals surface area contributed by atoms with Gasteiger partial charge in [0.25, 0.3) is 0 Å². The highest BCUT2D eigenvalue weighted by atomic mass is 16.3. The molecule has 1 fully saturated rings. The van der Waals surface area contributed by atoms with Crippen LogP contribution in [-0.2, 0) is 0 Å². The number of nitrogens with zero attached hydrogens (tertiary/aromatic N) is 4. The van der Waals surface area contributed by atoms with Crippen molar-refractivity contribution in [2.75, 3.05) is 38.7 Å². The molecule has 0 saturated carbocycles. The largest absolute Gasteiger partial charge is 0.395 e. The Morgan fingerprint density at radius 3 is 3.06 bits per heavy atom. The van der Waals surface area contributed by atoms with Crippen molar-refractivity contribution in [2.24, 2.45) is 0 Å². The summed E-state index contributed by atoms with van der Waals surface area (Å²) in [6.07, 6.45) is 4.10. The smallest absolute Gasteiger partial charge is 0.225 e. The molecule has 1 aromatic heterocycles. The summed E-state index contributed by atoms with van der Waals surface area (Å²) >= 11 is 0. The van der Waals surface area contributed by atoms with Crippen molar-refractivity contribution in [2.45, 2.75) is 18.9 Å². The number of aliphatic hydroxyl groups excluding tert-OH is 1. The average Bonchev–Trinajstić information content (AvgIpc) is 2.78.